The van der Waals surface area contributed by atoms with Gasteiger partial charge in [0.2, 0.25) is 0 Å². The second-order valence-electron chi connectivity index (χ2n) is 7.40. The molecule has 1 N–H and O–H groups in total. The van der Waals surface area contributed by atoms with E-state index in [2.05, 4.69) is 77.5 Å². The standard InChI is InChI=1S/C26H25NO3/c28-26(29)19-30-25-15-7-14-24-23(25)16-18-27(24)17-8-13-22(20-9-3-1-4-10-20)21-11-5-2-6-12-21/h1-7,9-12,14-16,18,22H,8,13,17,19H2,(H,28,29). The Hall–Kier alpha value is -3.53. The van der Waals surface area contributed by atoms with Crippen molar-refractivity contribution in [3.8, 4) is 5.75 Å². The molecule has 1 heterocycles. The van der Waals surface area contributed by atoms with E-state index in [4.69, 9.17) is 9.84 Å². The Morgan fingerprint density at radius 1 is 0.867 bits per heavy atom. The van der Waals surface area contributed by atoms with Crippen molar-refractivity contribution in [2.75, 3.05) is 6.61 Å². The number of rotatable bonds is 9. The molecule has 3 aromatic carbocycles. The number of aliphatic carboxylic acids is 1. The van der Waals surface area contributed by atoms with E-state index in [1.54, 1.807) is 0 Å². The number of aromatic nitrogens is 1. The second kappa shape index (κ2) is 9.31. The highest BCUT2D eigenvalue weighted by Gasteiger charge is 2.14. The molecular weight excluding hydrogens is 374 g/mol. The molecule has 0 aliphatic heterocycles. The van der Waals surface area contributed by atoms with Gasteiger partial charge in [0.05, 0.1) is 5.52 Å². The summed E-state index contributed by atoms with van der Waals surface area (Å²) in [5.74, 6) is 0.00286. The van der Waals surface area contributed by atoms with Gasteiger partial charge in [-0.2, -0.15) is 0 Å². The van der Waals surface area contributed by atoms with E-state index in [0.29, 0.717) is 11.7 Å². The maximum Gasteiger partial charge on any atom is 0.341 e. The Morgan fingerprint density at radius 2 is 1.53 bits per heavy atom. The first-order valence-corrected chi connectivity index (χ1v) is 10.2. The Kier molecular flexibility index (Phi) is 6.14. The SMILES string of the molecule is O=C(O)COc1cccc2c1ccn2CCCC(c1ccccc1)c1ccccc1. The highest BCUT2D eigenvalue weighted by molar-refractivity contribution is 5.86. The Labute approximate surface area is 176 Å². The van der Waals surface area contributed by atoms with Gasteiger partial charge >= 0.3 is 5.97 Å². The molecule has 0 unspecified atom stereocenters. The molecule has 0 saturated heterocycles. The Morgan fingerprint density at radius 3 is 2.17 bits per heavy atom. The number of hydrogen-bond acceptors (Lipinski definition) is 2. The summed E-state index contributed by atoms with van der Waals surface area (Å²) in [7, 11) is 0. The number of carboxylic acids is 1. The Bertz CT molecular complexity index is 1060. The van der Waals surface area contributed by atoms with Crippen LogP contribution in [-0.2, 0) is 11.3 Å². The molecule has 0 saturated carbocycles. The molecule has 0 spiro atoms. The summed E-state index contributed by atoms with van der Waals surface area (Å²) in [4.78, 5) is 10.8. The van der Waals surface area contributed by atoms with Crippen LogP contribution in [0.1, 0.15) is 29.9 Å². The number of benzene rings is 3. The van der Waals surface area contributed by atoms with E-state index < -0.39 is 5.97 Å². The molecule has 152 valence electrons. The fourth-order valence-corrected chi connectivity index (χ4v) is 4.02. The molecule has 0 aliphatic rings. The van der Waals surface area contributed by atoms with Crippen molar-refractivity contribution in [1.82, 2.24) is 4.57 Å². The normalized spacial score (nSPS) is 11.1. The van der Waals surface area contributed by atoms with Crippen molar-refractivity contribution in [3.63, 3.8) is 0 Å². The molecular formula is C26H25NO3. The van der Waals surface area contributed by atoms with Gasteiger partial charge in [-0.3, -0.25) is 0 Å². The molecule has 0 radical (unpaired) electrons. The maximum atomic E-state index is 10.8. The third kappa shape index (κ3) is 4.54. The summed E-state index contributed by atoms with van der Waals surface area (Å²) in [6.45, 7) is 0.558. The number of aryl methyl sites for hydroxylation is 1. The topological polar surface area (TPSA) is 51.5 Å². The minimum Gasteiger partial charge on any atom is -0.481 e. The van der Waals surface area contributed by atoms with Crippen molar-refractivity contribution in [1.29, 1.82) is 0 Å². The summed E-state index contributed by atoms with van der Waals surface area (Å²) >= 11 is 0. The average Bonchev–Trinajstić information content (AvgIpc) is 3.20. The van der Waals surface area contributed by atoms with Crippen molar-refractivity contribution >= 4 is 16.9 Å². The largest absolute Gasteiger partial charge is 0.481 e. The molecule has 4 aromatic rings. The van der Waals surface area contributed by atoms with Crippen LogP contribution in [0.15, 0.2) is 91.1 Å². The molecule has 0 atom stereocenters. The molecule has 4 rings (SSSR count). The number of hydrogen-bond donors (Lipinski definition) is 1. The van der Waals surface area contributed by atoms with Crippen LogP contribution in [0.4, 0.5) is 0 Å². The first-order valence-electron chi connectivity index (χ1n) is 10.2. The van der Waals surface area contributed by atoms with Crippen molar-refractivity contribution in [2.24, 2.45) is 0 Å². The predicted molar refractivity (Wildman–Crippen MR) is 119 cm³/mol. The molecule has 0 aliphatic carbocycles. The summed E-state index contributed by atoms with van der Waals surface area (Å²) < 4.78 is 7.66. The zero-order valence-electron chi connectivity index (χ0n) is 16.8. The van der Waals surface area contributed by atoms with Crippen LogP contribution < -0.4 is 4.74 Å². The van der Waals surface area contributed by atoms with Crippen molar-refractivity contribution in [2.45, 2.75) is 25.3 Å². The second-order valence-corrected chi connectivity index (χ2v) is 7.40. The van der Waals surface area contributed by atoms with Gasteiger partial charge in [-0.25, -0.2) is 4.79 Å². The summed E-state index contributed by atoms with van der Waals surface area (Å²) in [5.41, 5.74) is 3.74. The van der Waals surface area contributed by atoms with Gasteiger partial charge in [0.15, 0.2) is 6.61 Å². The lowest BCUT2D eigenvalue weighted by atomic mass is 9.87. The third-order valence-electron chi connectivity index (χ3n) is 5.42. The monoisotopic (exact) mass is 399 g/mol. The lowest BCUT2D eigenvalue weighted by Gasteiger charge is -2.18. The van der Waals surface area contributed by atoms with Gasteiger partial charge in [0.1, 0.15) is 5.75 Å². The van der Waals surface area contributed by atoms with E-state index in [1.165, 1.54) is 11.1 Å². The molecule has 0 amide bonds. The minimum atomic E-state index is -0.973. The first-order chi connectivity index (χ1) is 14.7. The van der Waals surface area contributed by atoms with Gasteiger partial charge < -0.3 is 14.4 Å². The fraction of sp³-hybridized carbons (Fsp3) is 0.192. The van der Waals surface area contributed by atoms with Crippen LogP contribution in [0.2, 0.25) is 0 Å². The highest BCUT2D eigenvalue weighted by atomic mass is 16.5. The summed E-state index contributed by atoms with van der Waals surface area (Å²) in [5, 5.41) is 9.82. The Balaban J connectivity index is 1.49. The van der Waals surface area contributed by atoms with Crippen molar-refractivity contribution in [3.05, 3.63) is 102 Å². The number of nitrogens with zero attached hydrogens (tertiary/aromatic N) is 1. The van der Waals surface area contributed by atoms with Gasteiger partial charge in [0.25, 0.3) is 0 Å². The average molecular weight is 399 g/mol. The fourth-order valence-electron chi connectivity index (χ4n) is 4.02. The van der Waals surface area contributed by atoms with E-state index >= 15 is 0 Å². The number of ether oxygens (including phenoxy) is 1. The molecule has 0 bridgehead atoms. The quantitative estimate of drug-likeness (QED) is 0.392. The van der Waals surface area contributed by atoms with Crippen LogP contribution in [0.25, 0.3) is 10.9 Å². The molecule has 0 fully saturated rings. The molecule has 4 heteroatoms. The van der Waals surface area contributed by atoms with Gasteiger partial charge in [0, 0.05) is 24.0 Å². The highest BCUT2D eigenvalue weighted by Crippen LogP contribution is 2.31. The number of carbonyl (C=O) groups is 1. The summed E-state index contributed by atoms with van der Waals surface area (Å²) in [6.07, 6.45) is 4.12. The third-order valence-corrected chi connectivity index (χ3v) is 5.42. The first kappa shape index (κ1) is 19.8. The molecule has 30 heavy (non-hydrogen) atoms. The van der Waals surface area contributed by atoms with Gasteiger partial charge in [-0.1, -0.05) is 66.7 Å². The van der Waals surface area contributed by atoms with Crippen LogP contribution in [0.5, 0.6) is 5.75 Å². The summed E-state index contributed by atoms with van der Waals surface area (Å²) in [6, 6.07) is 29.1. The van der Waals surface area contributed by atoms with Crippen LogP contribution >= 0.6 is 0 Å². The van der Waals surface area contributed by atoms with E-state index in [9.17, 15) is 4.79 Å². The van der Waals surface area contributed by atoms with E-state index in [1.807, 2.05) is 18.2 Å². The lowest BCUT2D eigenvalue weighted by Crippen LogP contribution is -2.09. The zero-order chi connectivity index (χ0) is 20.8. The van der Waals surface area contributed by atoms with E-state index in [-0.39, 0.29) is 6.61 Å². The lowest BCUT2D eigenvalue weighted by molar-refractivity contribution is -0.139. The molecule has 1 aromatic heterocycles. The minimum absolute atomic E-state index is 0.333. The number of fused-ring (bicyclic) bond motifs is 1. The van der Waals surface area contributed by atoms with Crippen LogP contribution in [0.3, 0.4) is 0 Å². The molecule has 4 nitrogen and oxygen atoms in total. The van der Waals surface area contributed by atoms with Crippen LogP contribution in [-0.4, -0.2) is 22.2 Å². The van der Waals surface area contributed by atoms with Gasteiger partial charge in [-0.15, -0.1) is 0 Å². The predicted octanol–water partition coefficient (Wildman–Crippen LogP) is 5.72. The van der Waals surface area contributed by atoms with Gasteiger partial charge in [-0.05, 0) is 42.2 Å². The number of carboxylic acid groups (broad SMARTS) is 1. The smallest absolute Gasteiger partial charge is 0.341 e. The maximum absolute atomic E-state index is 10.8. The van der Waals surface area contributed by atoms with Crippen molar-refractivity contribution < 1.29 is 14.6 Å². The van der Waals surface area contributed by atoms with E-state index in [0.717, 1.165) is 30.3 Å². The zero-order valence-corrected chi connectivity index (χ0v) is 16.8. The van der Waals surface area contributed by atoms with Crippen LogP contribution in [0, 0.1) is 0 Å².